The SMILES string of the molecule is NC(=S)N1CCC2(CCC2)CC1. The molecule has 1 aliphatic heterocycles. The zero-order chi connectivity index (χ0) is 8.60. The summed E-state index contributed by atoms with van der Waals surface area (Å²) in [6.07, 6.45) is 6.94. The predicted octanol–water partition coefficient (Wildman–Crippen LogP) is 1.50. The molecule has 68 valence electrons. The molecule has 2 fully saturated rings. The van der Waals surface area contributed by atoms with Crippen LogP contribution in [0.2, 0.25) is 0 Å². The second-order valence-electron chi connectivity index (χ2n) is 4.18. The molecule has 2 rings (SSSR count). The maximum absolute atomic E-state index is 5.57. The van der Waals surface area contributed by atoms with Gasteiger partial charge in [-0.25, -0.2) is 0 Å². The Hall–Kier alpha value is -0.310. The van der Waals surface area contributed by atoms with Crippen molar-refractivity contribution in [2.75, 3.05) is 13.1 Å². The van der Waals surface area contributed by atoms with E-state index in [1.54, 1.807) is 0 Å². The van der Waals surface area contributed by atoms with E-state index < -0.39 is 0 Å². The molecule has 1 aliphatic carbocycles. The Morgan fingerprint density at radius 3 is 2.08 bits per heavy atom. The summed E-state index contributed by atoms with van der Waals surface area (Å²) >= 11 is 4.95. The van der Waals surface area contributed by atoms with E-state index in [0.29, 0.717) is 10.5 Å². The third-order valence-corrected chi connectivity index (χ3v) is 3.81. The average Bonchev–Trinajstić information content (AvgIpc) is 2.02. The highest BCUT2D eigenvalue weighted by molar-refractivity contribution is 7.80. The molecule has 0 bridgehead atoms. The van der Waals surface area contributed by atoms with E-state index in [-0.39, 0.29) is 0 Å². The first-order valence-electron chi connectivity index (χ1n) is 4.76. The predicted molar refractivity (Wildman–Crippen MR) is 53.9 cm³/mol. The molecule has 12 heavy (non-hydrogen) atoms. The van der Waals surface area contributed by atoms with Gasteiger partial charge < -0.3 is 10.6 Å². The largest absolute Gasteiger partial charge is 0.376 e. The average molecular weight is 184 g/mol. The fraction of sp³-hybridized carbons (Fsp3) is 0.889. The first-order valence-corrected chi connectivity index (χ1v) is 5.17. The molecule has 0 radical (unpaired) electrons. The number of hydrogen-bond donors (Lipinski definition) is 1. The fourth-order valence-electron chi connectivity index (χ4n) is 2.38. The first-order chi connectivity index (χ1) is 5.72. The highest BCUT2D eigenvalue weighted by atomic mass is 32.1. The van der Waals surface area contributed by atoms with Crippen LogP contribution < -0.4 is 5.73 Å². The number of piperidine rings is 1. The Labute approximate surface area is 79.1 Å². The van der Waals surface area contributed by atoms with Crippen LogP contribution in [0.4, 0.5) is 0 Å². The first kappa shape index (κ1) is 8.30. The summed E-state index contributed by atoms with van der Waals surface area (Å²) < 4.78 is 0. The number of rotatable bonds is 0. The molecule has 1 saturated heterocycles. The summed E-state index contributed by atoms with van der Waals surface area (Å²) in [6, 6.07) is 0. The second-order valence-corrected chi connectivity index (χ2v) is 4.60. The van der Waals surface area contributed by atoms with Gasteiger partial charge in [0.1, 0.15) is 0 Å². The van der Waals surface area contributed by atoms with Gasteiger partial charge in [0.2, 0.25) is 0 Å². The van der Waals surface area contributed by atoms with Crippen molar-refractivity contribution in [2.24, 2.45) is 11.1 Å². The van der Waals surface area contributed by atoms with Crippen molar-refractivity contribution in [3.8, 4) is 0 Å². The molecule has 2 N–H and O–H groups in total. The van der Waals surface area contributed by atoms with Crippen LogP contribution in [-0.2, 0) is 0 Å². The van der Waals surface area contributed by atoms with Crippen LogP contribution in [0.15, 0.2) is 0 Å². The van der Waals surface area contributed by atoms with Gasteiger partial charge in [-0.2, -0.15) is 0 Å². The minimum absolute atomic E-state index is 0.587. The smallest absolute Gasteiger partial charge is 0.166 e. The molecule has 1 saturated carbocycles. The monoisotopic (exact) mass is 184 g/mol. The highest BCUT2D eigenvalue weighted by Gasteiger charge is 2.39. The van der Waals surface area contributed by atoms with Crippen molar-refractivity contribution in [1.29, 1.82) is 0 Å². The van der Waals surface area contributed by atoms with Crippen LogP contribution in [0.5, 0.6) is 0 Å². The van der Waals surface area contributed by atoms with E-state index in [1.807, 2.05) is 0 Å². The van der Waals surface area contributed by atoms with Gasteiger partial charge in [0, 0.05) is 13.1 Å². The van der Waals surface area contributed by atoms with Crippen molar-refractivity contribution < 1.29 is 0 Å². The van der Waals surface area contributed by atoms with Gasteiger partial charge in [-0.3, -0.25) is 0 Å². The van der Waals surface area contributed by atoms with E-state index in [9.17, 15) is 0 Å². The van der Waals surface area contributed by atoms with Gasteiger partial charge in [0.05, 0.1) is 0 Å². The second kappa shape index (κ2) is 2.87. The topological polar surface area (TPSA) is 29.3 Å². The molecule has 2 nitrogen and oxygen atoms in total. The molecule has 0 amide bonds. The molecule has 0 atom stereocenters. The Morgan fingerprint density at radius 1 is 1.17 bits per heavy atom. The van der Waals surface area contributed by atoms with Crippen LogP contribution in [-0.4, -0.2) is 23.1 Å². The lowest BCUT2D eigenvalue weighted by atomic mass is 9.63. The molecule has 0 aromatic rings. The normalized spacial score (nSPS) is 26.8. The lowest BCUT2D eigenvalue weighted by Gasteiger charge is -2.48. The van der Waals surface area contributed by atoms with Crippen LogP contribution >= 0.6 is 12.2 Å². The van der Waals surface area contributed by atoms with Gasteiger partial charge in [0.25, 0.3) is 0 Å². The number of hydrogen-bond acceptors (Lipinski definition) is 1. The maximum atomic E-state index is 5.57. The molecule has 0 aromatic carbocycles. The van der Waals surface area contributed by atoms with Crippen LogP contribution in [0.25, 0.3) is 0 Å². The van der Waals surface area contributed by atoms with Crippen LogP contribution in [0.1, 0.15) is 32.1 Å². The van der Waals surface area contributed by atoms with E-state index in [4.69, 9.17) is 18.0 Å². The van der Waals surface area contributed by atoms with Crippen molar-refractivity contribution in [2.45, 2.75) is 32.1 Å². The van der Waals surface area contributed by atoms with Crippen molar-refractivity contribution >= 4 is 17.3 Å². The summed E-state index contributed by atoms with van der Waals surface area (Å²) in [4.78, 5) is 2.14. The molecule has 1 heterocycles. The summed E-state index contributed by atoms with van der Waals surface area (Å²) in [5.41, 5.74) is 6.28. The maximum Gasteiger partial charge on any atom is 0.166 e. The zero-order valence-corrected chi connectivity index (χ0v) is 8.20. The molecular formula is C9H16N2S. The van der Waals surface area contributed by atoms with Crippen molar-refractivity contribution in [3.05, 3.63) is 0 Å². The third kappa shape index (κ3) is 1.30. The number of nitrogens with zero attached hydrogens (tertiary/aromatic N) is 1. The lowest BCUT2D eigenvalue weighted by Crippen LogP contribution is -2.47. The third-order valence-electron chi connectivity index (χ3n) is 3.55. The Balaban J connectivity index is 1.88. The zero-order valence-electron chi connectivity index (χ0n) is 7.38. The van der Waals surface area contributed by atoms with Crippen LogP contribution in [0.3, 0.4) is 0 Å². The highest BCUT2D eigenvalue weighted by Crippen LogP contribution is 2.48. The number of likely N-dealkylation sites (tertiary alicyclic amines) is 1. The number of thiocarbonyl (C=S) groups is 1. The minimum atomic E-state index is 0.587. The summed E-state index contributed by atoms with van der Waals surface area (Å²) in [5.74, 6) is 0. The molecular weight excluding hydrogens is 168 g/mol. The molecule has 0 unspecified atom stereocenters. The molecule has 0 aromatic heterocycles. The summed E-state index contributed by atoms with van der Waals surface area (Å²) in [6.45, 7) is 2.19. The van der Waals surface area contributed by atoms with E-state index in [1.165, 1.54) is 32.1 Å². The van der Waals surface area contributed by atoms with Gasteiger partial charge >= 0.3 is 0 Å². The van der Waals surface area contributed by atoms with Crippen molar-refractivity contribution in [1.82, 2.24) is 4.90 Å². The van der Waals surface area contributed by atoms with E-state index >= 15 is 0 Å². The van der Waals surface area contributed by atoms with E-state index in [2.05, 4.69) is 4.90 Å². The van der Waals surface area contributed by atoms with Gasteiger partial charge in [-0.15, -0.1) is 0 Å². The van der Waals surface area contributed by atoms with Gasteiger partial charge in [-0.1, -0.05) is 6.42 Å². The Bertz CT molecular complexity index is 189. The lowest BCUT2D eigenvalue weighted by molar-refractivity contribution is 0.0574. The van der Waals surface area contributed by atoms with Crippen LogP contribution in [0, 0.1) is 5.41 Å². The van der Waals surface area contributed by atoms with Crippen molar-refractivity contribution in [3.63, 3.8) is 0 Å². The van der Waals surface area contributed by atoms with Gasteiger partial charge in [-0.05, 0) is 43.3 Å². The quantitative estimate of drug-likeness (QED) is 0.578. The Morgan fingerprint density at radius 2 is 1.75 bits per heavy atom. The summed E-state index contributed by atoms with van der Waals surface area (Å²) in [5, 5.41) is 0.587. The number of nitrogens with two attached hydrogens (primary N) is 1. The van der Waals surface area contributed by atoms with E-state index in [0.717, 1.165) is 13.1 Å². The molecule has 3 heteroatoms. The van der Waals surface area contributed by atoms with Gasteiger partial charge in [0.15, 0.2) is 5.11 Å². The molecule has 1 spiro atoms. The molecule has 2 aliphatic rings. The summed E-state index contributed by atoms with van der Waals surface area (Å²) in [7, 11) is 0. The standard InChI is InChI=1S/C9H16N2S/c10-8(12)11-6-4-9(5-7-11)2-1-3-9/h1-7H2,(H2,10,12). The minimum Gasteiger partial charge on any atom is -0.376 e. The Kier molecular flexibility index (Phi) is 1.99. The fourth-order valence-corrected chi connectivity index (χ4v) is 2.56.